The number of ether oxygens (including phenoxy) is 12. The zero-order chi connectivity index (χ0) is 45.5. The van der Waals surface area contributed by atoms with Crippen LogP contribution in [0.3, 0.4) is 0 Å². The zero-order valence-electron chi connectivity index (χ0n) is 36.5. The maximum Gasteiger partial charge on any atom is 0.344 e. The molecule has 0 aromatic carbocycles. The van der Waals surface area contributed by atoms with Crippen molar-refractivity contribution in [3.8, 4) is 0 Å². The number of epoxide rings is 4. The molecule has 14 unspecified atom stereocenters. The lowest BCUT2D eigenvalue weighted by Gasteiger charge is -2.24. The first kappa shape index (κ1) is 47.1. The van der Waals surface area contributed by atoms with Crippen LogP contribution in [0.25, 0.3) is 0 Å². The molecule has 0 amide bonds. The molecule has 0 radical (unpaired) electrons. The topological polar surface area (TPSA) is 261 Å². The third kappa shape index (κ3) is 14.5. The Labute approximate surface area is 375 Å². The van der Waals surface area contributed by atoms with E-state index in [0.717, 1.165) is 77.0 Å². The number of esters is 8. The summed E-state index contributed by atoms with van der Waals surface area (Å²) in [6, 6.07) is 0. The molecule has 8 fully saturated rings. The van der Waals surface area contributed by atoms with Crippen molar-refractivity contribution in [2.75, 3.05) is 52.9 Å². The highest BCUT2D eigenvalue weighted by atomic mass is 16.6. The van der Waals surface area contributed by atoms with Crippen LogP contribution in [0.2, 0.25) is 0 Å². The average molecular weight is 921 g/mol. The highest BCUT2D eigenvalue weighted by molar-refractivity contribution is 5.88. The molecule has 65 heavy (non-hydrogen) atoms. The summed E-state index contributed by atoms with van der Waals surface area (Å²) in [6.07, 6.45) is 9.54. The molecule has 4 saturated heterocycles. The zero-order valence-corrected chi connectivity index (χ0v) is 36.5. The van der Waals surface area contributed by atoms with Crippen molar-refractivity contribution < 1.29 is 95.2 Å². The fraction of sp³-hybridized carbons (Fsp3) is 0.822. The minimum atomic E-state index is -1.76. The van der Waals surface area contributed by atoms with Gasteiger partial charge >= 0.3 is 47.8 Å². The summed E-state index contributed by atoms with van der Waals surface area (Å²) in [5.41, 5.74) is 0. The number of hydrogen-bond donors (Lipinski definition) is 0. The number of hydrogen-bond acceptors (Lipinski definition) is 20. The third-order valence-corrected chi connectivity index (χ3v) is 13.9. The Morgan fingerprint density at radius 2 is 0.677 bits per heavy atom. The number of fused-ring (bicyclic) bond motifs is 4. The van der Waals surface area contributed by atoms with Crippen molar-refractivity contribution in [3.05, 3.63) is 0 Å². The first-order valence-corrected chi connectivity index (χ1v) is 23.3. The van der Waals surface area contributed by atoms with Gasteiger partial charge in [-0.15, -0.1) is 0 Å². The standard InChI is InChI=1S/C45H60O20/c46-38(58-20-40(48)54-16-24-1-6-30-34(11-24)62-30)10-5-28(44(52)60-22-42(50)56-18-26-3-8-32-36(13-26)64-32)29(45(53)61-23-43(51)57-19-27-4-9-33-37(14-27)65-33)15-39(47)59-21-41(49)55-17-25-2-7-31-35(12-25)63-31/h24-37H,1-23H2. The van der Waals surface area contributed by atoms with Gasteiger partial charge in [-0.3, -0.25) is 19.2 Å². The van der Waals surface area contributed by atoms with Gasteiger partial charge in [0.05, 0.1) is 93.5 Å². The number of carbonyl (C=O) groups is 8. The molecule has 360 valence electrons. The molecule has 20 heteroatoms. The summed E-state index contributed by atoms with van der Waals surface area (Å²) in [4.78, 5) is 104. The van der Waals surface area contributed by atoms with Gasteiger partial charge in [0.15, 0.2) is 26.4 Å². The summed E-state index contributed by atoms with van der Waals surface area (Å²) in [5.74, 6) is -10.9. The van der Waals surface area contributed by atoms with Crippen molar-refractivity contribution in [2.24, 2.45) is 35.5 Å². The summed E-state index contributed by atoms with van der Waals surface area (Å²) < 4.78 is 64.3. The van der Waals surface area contributed by atoms with Gasteiger partial charge in [-0.25, -0.2) is 19.2 Å². The lowest BCUT2D eigenvalue weighted by Crippen LogP contribution is -2.37. The number of carbonyl (C=O) groups excluding carboxylic acids is 8. The molecule has 4 aliphatic heterocycles. The van der Waals surface area contributed by atoms with Crippen molar-refractivity contribution in [1.82, 2.24) is 0 Å². The minimum Gasteiger partial charge on any atom is -0.463 e. The molecule has 8 aliphatic rings. The van der Waals surface area contributed by atoms with E-state index in [2.05, 4.69) is 0 Å². The van der Waals surface area contributed by atoms with Gasteiger partial charge in [0.2, 0.25) is 0 Å². The quantitative estimate of drug-likeness (QED) is 0.0762. The van der Waals surface area contributed by atoms with Gasteiger partial charge in [0, 0.05) is 6.42 Å². The van der Waals surface area contributed by atoms with Crippen LogP contribution in [0.4, 0.5) is 0 Å². The van der Waals surface area contributed by atoms with Crippen LogP contribution >= 0.6 is 0 Å². The van der Waals surface area contributed by atoms with Gasteiger partial charge in [-0.05, 0) is 107 Å². The van der Waals surface area contributed by atoms with Gasteiger partial charge in [0.25, 0.3) is 0 Å². The van der Waals surface area contributed by atoms with Crippen LogP contribution in [-0.4, -0.2) is 149 Å². The molecular weight excluding hydrogens is 860 g/mol. The van der Waals surface area contributed by atoms with E-state index in [1.165, 1.54) is 0 Å². The second-order valence-electron chi connectivity index (χ2n) is 18.8. The summed E-state index contributed by atoms with van der Waals surface area (Å²) in [5, 5.41) is 0. The van der Waals surface area contributed by atoms with Crippen LogP contribution in [-0.2, 0) is 95.2 Å². The van der Waals surface area contributed by atoms with E-state index in [-0.39, 0.29) is 98.9 Å². The fourth-order valence-electron chi connectivity index (χ4n) is 9.77. The SMILES string of the molecule is O=C(CCC(C(=O)OCC(=O)OCC1CCC2OC2C1)C(CC(=O)OCC(=O)OCC1CCC2OC2C1)C(=O)OCC(=O)OCC1CCC2OC2C1)OCC(=O)OCC1CCC2OC2C1. The molecule has 14 atom stereocenters. The summed E-state index contributed by atoms with van der Waals surface area (Å²) >= 11 is 0. The molecule has 4 saturated carbocycles. The van der Waals surface area contributed by atoms with Gasteiger partial charge < -0.3 is 56.8 Å². The molecule has 0 aromatic heterocycles. The van der Waals surface area contributed by atoms with Gasteiger partial charge in [-0.2, -0.15) is 0 Å². The molecule has 0 spiro atoms. The second-order valence-corrected chi connectivity index (χ2v) is 18.8. The molecular formula is C45H60O20. The lowest BCUT2D eigenvalue weighted by molar-refractivity contribution is -0.172. The van der Waals surface area contributed by atoms with E-state index in [9.17, 15) is 38.4 Å². The molecule has 0 bridgehead atoms. The van der Waals surface area contributed by atoms with Crippen LogP contribution in [0.1, 0.15) is 96.3 Å². The Morgan fingerprint density at radius 3 is 1.03 bits per heavy atom. The largest absolute Gasteiger partial charge is 0.463 e. The number of rotatable bonds is 24. The molecule has 0 aromatic rings. The Kier molecular flexibility index (Phi) is 15.9. The van der Waals surface area contributed by atoms with Crippen molar-refractivity contribution in [2.45, 2.75) is 145 Å². The molecule has 20 nitrogen and oxygen atoms in total. The van der Waals surface area contributed by atoms with Crippen molar-refractivity contribution in [1.29, 1.82) is 0 Å². The highest BCUT2D eigenvalue weighted by Crippen LogP contribution is 2.42. The maximum absolute atomic E-state index is 13.8. The first-order chi connectivity index (χ1) is 31.4. The van der Waals surface area contributed by atoms with Crippen molar-refractivity contribution in [3.63, 3.8) is 0 Å². The summed E-state index contributed by atoms with van der Waals surface area (Å²) in [6.45, 7) is -2.83. The second kappa shape index (κ2) is 21.9. The smallest absolute Gasteiger partial charge is 0.344 e. The summed E-state index contributed by atoms with van der Waals surface area (Å²) in [7, 11) is 0. The van der Waals surface area contributed by atoms with E-state index in [4.69, 9.17) is 56.8 Å². The van der Waals surface area contributed by atoms with Crippen LogP contribution < -0.4 is 0 Å². The monoisotopic (exact) mass is 920 g/mol. The fourth-order valence-corrected chi connectivity index (χ4v) is 9.77. The maximum atomic E-state index is 13.8. The normalized spacial score (nSPS) is 33.0. The first-order valence-electron chi connectivity index (χ1n) is 23.3. The predicted octanol–water partition coefficient (Wildman–Crippen LogP) is 2.00. The van der Waals surface area contributed by atoms with Gasteiger partial charge in [0.1, 0.15) is 0 Å². The van der Waals surface area contributed by atoms with Crippen molar-refractivity contribution >= 4 is 47.8 Å². The Morgan fingerprint density at radius 1 is 0.354 bits per heavy atom. The van der Waals surface area contributed by atoms with Crippen LogP contribution in [0.5, 0.6) is 0 Å². The van der Waals surface area contributed by atoms with E-state index < -0.39 is 105 Å². The minimum absolute atomic E-state index is 0.0713. The molecule has 8 rings (SSSR count). The van der Waals surface area contributed by atoms with E-state index in [0.29, 0.717) is 0 Å². The molecule has 4 heterocycles. The Hall–Kier alpha value is -4.40. The van der Waals surface area contributed by atoms with E-state index in [1.807, 2.05) is 0 Å². The predicted molar refractivity (Wildman–Crippen MR) is 213 cm³/mol. The highest BCUT2D eigenvalue weighted by Gasteiger charge is 2.47. The van der Waals surface area contributed by atoms with E-state index >= 15 is 0 Å². The van der Waals surface area contributed by atoms with Gasteiger partial charge in [-0.1, -0.05) is 0 Å². The lowest BCUT2D eigenvalue weighted by atomic mass is 9.85. The Bertz CT molecular complexity index is 1770. The average Bonchev–Trinajstić information content (AvgIpc) is 4.11. The van der Waals surface area contributed by atoms with E-state index in [1.54, 1.807) is 0 Å². The Balaban J connectivity index is 0.864. The molecule has 4 aliphatic carbocycles. The van der Waals surface area contributed by atoms with Crippen LogP contribution in [0, 0.1) is 35.5 Å². The van der Waals surface area contributed by atoms with Crippen LogP contribution in [0.15, 0.2) is 0 Å². The molecule has 0 N–H and O–H groups in total. The third-order valence-electron chi connectivity index (χ3n) is 13.9.